The van der Waals surface area contributed by atoms with Gasteiger partial charge in [0.15, 0.2) is 11.6 Å². The van der Waals surface area contributed by atoms with Gasteiger partial charge in [0.1, 0.15) is 12.2 Å². The monoisotopic (exact) mass is 276 g/mol. The van der Waals surface area contributed by atoms with E-state index in [0.717, 1.165) is 5.56 Å². The molecular weight excluding hydrogens is 256 g/mol. The highest BCUT2D eigenvalue weighted by Gasteiger charge is 2.40. The van der Waals surface area contributed by atoms with E-state index in [1.54, 1.807) is 0 Å². The SMILES string of the molecule is C=CC(=O)[C@H](OCc1ccccc1)[C@H]1COC(C)(C)O1. The molecule has 0 N–H and O–H groups in total. The molecule has 0 aromatic heterocycles. The molecule has 0 amide bonds. The average molecular weight is 276 g/mol. The molecule has 2 rings (SSSR count). The Bertz CT molecular complexity index is 467. The maximum atomic E-state index is 12.0. The van der Waals surface area contributed by atoms with Crippen molar-refractivity contribution in [3.8, 4) is 0 Å². The summed E-state index contributed by atoms with van der Waals surface area (Å²) in [5.41, 5.74) is 1.01. The Morgan fingerprint density at radius 2 is 2.20 bits per heavy atom. The molecule has 108 valence electrons. The van der Waals surface area contributed by atoms with Crippen molar-refractivity contribution in [2.75, 3.05) is 6.61 Å². The van der Waals surface area contributed by atoms with E-state index < -0.39 is 18.0 Å². The third-order valence-electron chi connectivity index (χ3n) is 3.12. The predicted octanol–water partition coefficient (Wildman–Crippen LogP) is 2.48. The molecule has 1 fully saturated rings. The summed E-state index contributed by atoms with van der Waals surface area (Å²) in [6, 6.07) is 9.70. The first-order valence-electron chi connectivity index (χ1n) is 6.65. The lowest BCUT2D eigenvalue weighted by atomic mass is 10.1. The van der Waals surface area contributed by atoms with Crippen LogP contribution in [0.3, 0.4) is 0 Å². The van der Waals surface area contributed by atoms with Gasteiger partial charge in [0.2, 0.25) is 0 Å². The Kier molecular flexibility index (Phi) is 4.70. The van der Waals surface area contributed by atoms with Crippen molar-refractivity contribution >= 4 is 5.78 Å². The third kappa shape index (κ3) is 3.76. The molecule has 1 heterocycles. The van der Waals surface area contributed by atoms with Gasteiger partial charge in [0, 0.05) is 0 Å². The minimum atomic E-state index is -0.686. The lowest BCUT2D eigenvalue weighted by Crippen LogP contribution is -2.38. The molecule has 1 aromatic rings. The molecule has 0 aliphatic carbocycles. The number of hydrogen-bond donors (Lipinski definition) is 0. The Morgan fingerprint density at radius 3 is 2.75 bits per heavy atom. The molecule has 0 unspecified atom stereocenters. The zero-order valence-corrected chi connectivity index (χ0v) is 11.9. The van der Waals surface area contributed by atoms with Crippen LogP contribution in [0.4, 0.5) is 0 Å². The van der Waals surface area contributed by atoms with Gasteiger partial charge in [0.25, 0.3) is 0 Å². The van der Waals surface area contributed by atoms with E-state index in [9.17, 15) is 4.79 Å². The zero-order chi connectivity index (χ0) is 14.6. The van der Waals surface area contributed by atoms with Crippen molar-refractivity contribution in [3.63, 3.8) is 0 Å². The Hall–Kier alpha value is -1.49. The van der Waals surface area contributed by atoms with Crippen molar-refractivity contribution in [1.29, 1.82) is 0 Å². The summed E-state index contributed by atoms with van der Waals surface area (Å²) in [7, 11) is 0. The summed E-state index contributed by atoms with van der Waals surface area (Å²) in [4.78, 5) is 12.0. The van der Waals surface area contributed by atoms with Crippen LogP contribution in [-0.2, 0) is 25.6 Å². The summed E-state index contributed by atoms with van der Waals surface area (Å²) in [5, 5.41) is 0. The Morgan fingerprint density at radius 1 is 1.50 bits per heavy atom. The fourth-order valence-corrected chi connectivity index (χ4v) is 2.11. The topological polar surface area (TPSA) is 44.8 Å². The Balaban J connectivity index is 2.01. The lowest BCUT2D eigenvalue weighted by Gasteiger charge is -2.22. The van der Waals surface area contributed by atoms with Gasteiger partial charge in [-0.25, -0.2) is 0 Å². The molecule has 1 aliphatic heterocycles. The van der Waals surface area contributed by atoms with E-state index in [-0.39, 0.29) is 5.78 Å². The van der Waals surface area contributed by atoms with Crippen molar-refractivity contribution < 1.29 is 19.0 Å². The van der Waals surface area contributed by atoms with Crippen molar-refractivity contribution in [1.82, 2.24) is 0 Å². The van der Waals surface area contributed by atoms with Crippen LogP contribution in [0.15, 0.2) is 43.0 Å². The van der Waals surface area contributed by atoms with Crippen LogP contribution < -0.4 is 0 Å². The number of ketones is 1. The fraction of sp³-hybridized carbons (Fsp3) is 0.438. The van der Waals surface area contributed by atoms with Crippen molar-refractivity contribution in [3.05, 3.63) is 48.6 Å². The van der Waals surface area contributed by atoms with Crippen molar-refractivity contribution in [2.45, 2.75) is 38.4 Å². The molecule has 0 radical (unpaired) electrons. The first kappa shape index (κ1) is 14.9. The van der Waals surface area contributed by atoms with Crippen LogP contribution in [0.25, 0.3) is 0 Å². The summed E-state index contributed by atoms with van der Waals surface area (Å²) in [6.07, 6.45) is 0.179. The van der Waals surface area contributed by atoms with E-state index in [0.29, 0.717) is 13.2 Å². The maximum Gasteiger partial charge on any atom is 0.186 e. The molecule has 20 heavy (non-hydrogen) atoms. The number of rotatable bonds is 6. The highest BCUT2D eigenvalue weighted by atomic mass is 16.7. The van der Waals surface area contributed by atoms with Gasteiger partial charge in [-0.05, 0) is 25.5 Å². The molecule has 0 saturated carbocycles. The van der Waals surface area contributed by atoms with Crippen LogP contribution in [0.5, 0.6) is 0 Å². The number of hydrogen-bond acceptors (Lipinski definition) is 4. The molecule has 0 spiro atoms. The van der Waals surface area contributed by atoms with Crippen LogP contribution >= 0.6 is 0 Å². The number of carbonyl (C=O) groups excluding carboxylic acids is 1. The van der Waals surface area contributed by atoms with Gasteiger partial charge in [0.05, 0.1) is 13.2 Å². The number of carbonyl (C=O) groups is 1. The summed E-state index contributed by atoms with van der Waals surface area (Å²) < 4.78 is 16.9. The van der Waals surface area contributed by atoms with Gasteiger partial charge in [-0.2, -0.15) is 0 Å². The van der Waals surface area contributed by atoms with Gasteiger partial charge in [-0.1, -0.05) is 36.9 Å². The minimum Gasteiger partial charge on any atom is -0.363 e. The molecule has 1 aromatic carbocycles. The van der Waals surface area contributed by atoms with Crippen molar-refractivity contribution in [2.24, 2.45) is 0 Å². The highest BCUT2D eigenvalue weighted by Crippen LogP contribution is 2.26. The molecule has 0 bridgehead atoms. The summed E-state index contributed by atoms with van der Waals surface area (Å²) in [6.45, 7) is 7.85. The van der Waals surface area contributed by atoms with Crippen LogP contribution in [0.2, 0.25) is 0 Å². The quantitative estimate of drug-likeness (QED) is 0.749. The van der Waals surface area contributed by atoms with E-state index in [1.807, 2.05) is 44.2 Å². The average Bonchev–Trinajstić information content (AvgIpc) is 2.80. The van der Waals surface area contributed by atoms with Gasteiger partial charge >= 0.3 is 0 Å². The van der Waals surface area contributed by atoms with Crippen LogP contribution in [0.1, 0.15) is 19.4 Å². The fourth-order valence-electron chi connectivity index (χ4n) is 2.11. The molecular formula is C16H20O4. The van der Waals surface area contributed by atoms with Gasteiger partial charge in [-0.3, -0.25) is 4.79 Å². The van der Waals surface area contributed by atoms with E-state index in [1.165, 1.54) is 6.08 Å². The highest BCUT2D eigenvalue weighted by molar-refractivity contribution is 5.93. The first-order chi connectivity index (χ1) is 9.52. The van der Waals surface area contributed by atoms with Gasteiger partial charge in [-0.15, -0.1) is 0 Å². The molecule has 1 saturated heterocycles. The maximum absolute atomic E-state index is 12.0. The molecule has 2 atom stereocenters. The second kappa shape index (κ2) is 6.31. The van der Waals surface area contributed by atoms with E-state index in [4.69, 9.17) is 14.2 Å². The second-order valence-electron chi connectivity index (χ2n) is 5.19. The standard InChI is InChI=1S/C16H20O4/c1-4-13(17)15(14-11-19-16(2,3)20-14)18-10-12-8-6-5-7-9-12/h4-9,14-15H,1,10-11H2,2-3H3/t14-,15+/m1/s1. The first-order valence-corrected chi connectivity index (χ1v) is 6.65. The predicted molar refractivity (Wildman–Crippen MR) is 75.1 cm³/mol. The normalized spacial score (nSPS) is 22.4. The summed E-state index contributed by atoms with van der Waals surface area (Å²) >= 11 is 0. The number of benzene rings is 1. The van der Waals surface area contributed by atoms with E-state index in [2.05, 4.69) is 6.58 Å². The third-order valence-corrected chi connectivity index (χ3v) is 3.12. The number of ether oxygens (including phenoxy) is 3. The summed E-state index contributed by atoms with van der Waals surface area (Å²) in [5.74, 6) is -0.868. The van der Waals surface area contributed by atoms with Crippen LogP contribution in [0, 0.1) is 0 Å². The smallest absolute Gasteiger partial charge is 0.186 e. The van der Waals surface area contributed by atoms with Gasteiger partial charge < -0.3 is 14.2 Å². The van der Waals surface area contributed by atoms with E-state index >= 15 is 0 Å². The minimum absolute atomic E-state index is 0.188. The second-order valence-corrected chi connectivity index (χ2v) is 5.19. The van der Waals surface area contributed by atoms with Crippen LogP contribution in [-0.4, -0.2) is 30.4 Å². The molecule has 4 nitrogen and oxygen atoms in total. The molecule has 4 heteroatoms. The largest absolute Gasteiger partial charge is 0.363 e. The zero-order valence-electron chi connectivity index (χ0n) is 11.9. The molecule has 1 aliphatic rings. The Labute approximate surface area is 119 Å². The lowest BCUT2D eigenvalue weighted by molar-refractivity contribution is -0.162.